The van der Waals surface area contributed by atoms with E-state index in [9.17, 15) is 13.6 Å². The molecule has 0 radical (unpaired) electrons. The summed E-state index contributed by atoms with van der Waals surface area (Å²) in [4.78, 5) is 10.3. The van der Waals surface area contributed by atoms with Gasteiger partial charge in [0.15, 0.2) is 0 Å². The van der Waals surface area contributed by atoms with Crippen LogP contribution in [-0.2, 0) is 4.79 Å². The number of carboxylic acids is 1. The zero-order chi connectivity index (χ0) is 10.5. The molecule has 0 aromatic rings. The molecule has 0 heterocycles. The number of carboxylic acid groups (broad SMARTS) is 1. The maximum absolute atomic E-state index is 12.6. The molecule has 5 heteroatoms. The van der Waals surface area contributed by atoms with Gasteiger partial charge in [0.1, 0.15) is 0 Å². The number of aliphatic hydroxyl groups is 1. The lowest BCUT2D eigenvalue weighted by molar-refractivity contribution is -0.144. The van der Waals surface area contributed by atoms with Gasteiger partial charge in [0, 0.05) is 12.8 Å². The first-order valence-corrected chi connectivity index (χ1v) is 4.14. The predicted molar refractivity (Wildman–Crippen MR) is 42.7 cm³/mol. The Morgan fingerprint density at radius 1 is 1.54 bits per heavy atom. The first-order chi connectivity index (χ1) is 5.93. The van der Waals surface area contributed by atoms with Crippen molar-refractivity contribution in [2.24, 2.45) is 5.92 Å². The Kier molecular flexibility index (Phi) is 4.83. The fourth-order valence-electron chi connectivity index (χ4n) is 0.855. The molecule has 0 aromatic carbocycles. The van der Waals surface area contributed by atoms with Gasteiger partial charge in [0.2, 0.25) is 5.92 Å². The van der Waals surface area contributed by atoms with Crippen molar-refractivity contribution in [2.75, 3.05) is 6.61 Å². The Bertz CT molecular complexity index is 171. The number of rotatable bonds is 6. The van der Waals surface area contributed by atoms with E-state index >= 15 is 0 Å². The second kappa shape index (κ2) is 5.11. The molecule has 0 saturated carbocycles. The highest BCUT2D eigenvalue weighted by atomic mass is 19.3. The van der Waals surface area contributed by atoms with Crippen molar-refractivity contribution in [1.82, 2.24) is 0 Å². The van der Waals surface area contributed by atoms with Crippen LogP contribution in [-0.4, -0.2) is 28.7 Å². The molecular weight excluding hydrogens is 182 g/mol. The molecule has 0 aliphatic carbocycles. The summed E-state index contributed by atoms with van der Waals surface area (Å²) < 4.78 is 25.3. The minimum atomic E-state index is -2.82. The lowest BCUT2D eigenvalue weighted by Crippen LogP contribution is -2.22. The van der Waals surface area contributed by atoms with Crippen molar-refractivity contribution in [3.8, 4) is 0 Å². The van der Waals surface area contributed by atoms with E-state index < -0.39 is 30.8 Å². The van der Waals surface area contributed by atoms with Gasteiger partial charge in [-0.2, -0.15) is 0 Å². The van der Waals surface area contributed by atoms with E-state index in [-0.39, 0.29) is 12.8 Å². The molecule has 1 unspecified atom stereocenters. The second-order valence-electron chi connectivity index (χ2n) is 2.97. The Morgan fingerprint density at radius 2 is 2.08 bits per heavy atom. The van der Waals surface area contributed by atoms with E-state index in [1.54, 1.807) is 0 Å². The summed E-state index contributed by atoms with van der Waals surface area (Å²) in [6.45, 7) is 0.754. The summed E-state index contributed by atoms with van der Waals surface area (Å²) in [5, 5.41) is 17.0. The molecule has 13 heavy (non-hydrogen) atoms. The molecule has 0 fully saturated rings. The Morgan fingerprint density at radius 3 is 2.38 bits per heavy atom. The van der Waals surface area contributed by atoms with Crippen LogP contribution in [0, 0.1) is 5.92 Å². The van der Waals surface area contributed by atoms with Gasteiger partial charge in [-0.15, -0.1) is 0 Å². The summed E-state index contributed by atoms with van der Waals surface area (Å²) in [7, 11) is 0. The minimum Gasteiger partial charge on any atom is -0.481 e. The summed E-state index contributed by atoms with van der Waals surface area (Å²) in [5.74, 6) is -5.12. The van der Waals surface area contributed by atoms with Crippen LogP contribution in [0.2, 0.25) is 0 Å². The number of halogens is 2. The molecule has 0 aliphatic rings. The molecule has 2 N–H and O–H groups in total. The van der Waals surface area contributed by atoms with E-state index in [0.29, 0.717) is 0 Å². The van der Waals surface area contributed by atoms with Gasteiger partial charge in [-0.3, -0.25) is 4.79 Å². The van der Waals surface area contributed by atoms with Crippen LogP contribution in [0.15, 0.2) is 0 Å². The van der Waals surface area contributed by atoms with E-state index in [2.05, 4.69) is 0 Å². The molecule has 0 aromatic heterocycles. The van der Waals surface area contributed by atoms with Crippen molar-refractivity contribution < 1.29 is 23.8 Å². The van der Waals surface area contributed by atoms with Crippen molar-refractivity contribution in [2.45, 2.75) is 32.1 Å². The van der Waals surface area contributed by atoms with Crippen molar-refractivity contribution in [3.05, 3.63) is 0 Å². The van der Waals surface area contributed by atoms with Crippen molar-refractivity contribution in [3.63, 3.8) is 0 Å². The molecule has 0 rings (SSSR count). The van der Waals surface area contributed by atoms with Gasteiger partial charge in [-0.1, -0.05) is 6.92 Å². The van der Waals surface area contributed by atoms with Gasteiger partial charge >= 0.3 is 5.97 Å². The lowest BCUT2D eigenvalue weighted by Gasteiger charge is -2.15. The third-order valence-electron chi connectivity index (χ3n) is 1.95. The smallest absolute Gasteiger partial charge is 0.308 e. The zero-order valence-corrected chi connectivity index (χ0v) is 7.46. The highest BCUT2D eigenvalue weighted by Crippen LogP contribution is 2.26. The molecule has 0 saturated heterocycles. The largest absolute Gasteiger partial charge is 0.481 e. The molecule has 0 spiro atoms. The van der Waals surface area contributed by atoms with Crippen LogP contribution in [0.4, 0.5) is 8.78 Å². The molecule has 3 nitrogen and oxygen atoms in total. The highest BCUT2D eigenvalue weighted by molar-refractivity contribution is 5.69. The quantitative estimate of drug-likeness (QED) is 0.676. The molecular formula is C8H14F2O3. The Labute approximate surface area is 75.4 Å². The van der Waals surface area contributed by atoms with E-state index in [1.165, 1.54) is 6.92 Å². The molecule has 0 aliphatic heterocycles. The van der Waals surface area contributed by atoms with E-state index in [0.717, 1.165) is 0 Å². The number of hydrogen-bond donors (Lipinski definition) is 2. The fourth-order valence-corrected chi connectivity index (χ4v) is 0.855. The van der Waals surface area contributed by atoms with Gasteiger partial charge < -0.3 is 10.2 Å². The topological polar surface area (TPSA) is 57.5 Å². The third kappa shape index (κ3) is 4.77. The maximum Gasteiger partial charge on any atom is 0.308 e. The van der Waals surface area contributed by atoms with E-state index in [1.807, 2.05) is 0 Å². The molecule has 0 bridgehead atoms. The monoisotopic (exact) mass is 196 g/mol. The minimum absolute atomic E-state index is 0.188. The maximum atomic E-state index is 12.6. The van der Waals surface area contributed by atoms with Crippen LogP contribution in [0.1, 0.15) is 26.2 Å². The van der Waals surface area contributed by atoms with Crippen molar-refractivity contribution in [1.29, 1.82) is 0 Å². The first-order valence-electron chi connectivity index (χ1n) is 4.14. The Balaban J connectivity index is 3.92. The summed E-state index contributed by atoms with van der Waals surface area (Å²) in [6, 6.07) is 0. The van der Waals surface area contributed by atoms with Crippen molar-refractivity contribution >= 4 is 5.97 Å². The van der Waals surface area contributed by atoms with Crippen LogP contribution < -0.4 is 0 Å². The Hall–Kier alpha value is -0.710. The normalized spacial score (nSPS) is 14.2. The summed E-state index contributed by atoms with van der Waals surface area (Å²) >= 11 is 0. The number of hydrogen-bond acceptors (Lipinski definition) is 2. The lowest BCUT2D eigenvalue weighted by atomic mass is 10.0. The van der Waals surface area contributed by atoms with Gasteiger partial charge in [-0.25, -0.2) is 8.78 Å². The standard InChI is InChI=1S/C8H14F2O3/c1-2-8(9,10)4-3-6(5-11)7(12)13/h6,11H,2-5H2,1H3,(H,12,13). The average Bonchev–Trinajstić information content (AvgIpc) is 2.05. The molecule has 1 atom stereocenters. The number of aliphatic carboxylic acids is 1. The number of aliphatic hydroxyl groups excluding tert-OH is 1. The summed E-state index contributed by atoms with van der Waals surface area (Å²) in [6.07, 6.45) is -0.974. The van der Waals surface area contributed by atoms with E-state index in [4.69, 9.17) is 10.2 Å². The first kappa shape index (κ1) is 12.3. The van der Waals surface area contributed by atoms with Gasteiger partial charge in [0.25, 0.3) is 0 Å². The molecule has 0 amide bonds. The van der Waals surface area contributed by atoms with Crippen LogP contribution >= 0.6 is 0 Å². The fraction of sp³-hybridized carbons (Fsp3) is 0.875. The number of carbonyl (C=O) groups is 1. The van der Waals surface area contributed by atoms with Crippen LogP contribution in [0.25, 0.3) is 0 Å². The van der Waals surface area contributed by atoms with Crippen LogP contribution in [0.5, 0.6) is 0 Å². The summed E-state index contributed by atoms with van der Waals surface area (Å²) in [5.41, 5.74) is 0. The predicted octanol–water partition coefficient (Wildman–Crippen LogP) is 1.50. The number of alkyl halides is 2. The highest BCUT2D eigenvalue weighted by Gasteiger charge is 2.28. The molecule has 78 valence electrons. The third-order valence-corrected chi connectivity index (χ3v) is 1.95. The van der Waals surface area contributed by atoms with Crippen LogP contribution in [0.3, 0.4) is 0 Å². The second-order valence-corrected chi connectivity index (χ2v) is 2.97. The SMILES string of the molecule is CCC(F)(F)CCC(CO)C(=O)O. The van der Waals surface area contributed by atoms with Gasteiger partial charge in [-0.05, 0) is 6.42 Å². The average molecular weight is 196 g/mol. The van der Waals surface area contributed by atoms with Gasteiger partial charge in [0.05, 0.1) is 12.5 Å². The zero-order valence-electron chi connectivity index (χ0n) is 7.46.